The lowest BCUT2D eigenvalue weighted by molar-refractivity contribution is -0.120. The Morgan fingerprint density at radius 1 is 1.44 bits per heavy atom. The Bertz CT molecular complexity index is 401. The van der Waals surface area contributed by atoms with Crippen molar-refractivity contribution in [2.24, 2.45) is 0 Å². The SMILES string of the molecule is CNC(=O)CCNc1snc(C)c1C(C)=O. The molecule has 1 aromatic heterocycles. The Balaban J connectivity index is 2.61. The van der Waals surface area contributed by atoms with Crippen LogP contribution >= 0.6 is 11.5 Å². The Kier molecular flexibility index (Phi) is 4.42. The second-order valence-corrected chi connectivity index (χ2v) is 4.15. The highest BCUT2D eigenvalue weighted by Gasteiger charge is 2.14. The van der Waals surface area contributed by atoms with Crippen molar-refractivity contribution in [3.63, 3.8) is 0 Å². The molecule has 0 spiro atoms. The molecule has 0 aliphatic carbocycles. The number of aromatic nitrogens is 1. The normalized spacial score (nSPS) is 9.94. The smallest absolute Gasteiger partial charge is 0.221 e. The molecule has 2 N–H and O–H groups in total. The standard InChI is InChI=1S/C10H15N3O2S/c1-6-9(7(2)14)10(16-13-6)12-5-4-8(15)11-3/h12H,4-5H2,1-3H3,(H,11,15). The number of aryl methyl sites for hydroxylation is 1. The molecular weight excluding hydrogens is 226 g/mol. The first-order valence-corrected chi connectivity index (χ1v) is 5.75. The van der Waals surface area contributed by atoms with Gasteiger partial charge in [0.15, 0.2) is 5.78 Å². The van der Waals surface area contributed by atoms with Crippen molar-refractivity contribution in [3.05, 3.63) is 11.3 Å². The summed E-state index contributed by atoms with van der Waals surface area (Å²) in [6.45, 7) is 3.82. The molecule has 1 aromatic rings. The molecule has 0 unspecified atom stereocenters. The molecule has 6 heteroatoms. The molecule has 1 heterocycles. The first-order chi connectivity index (χ1) is 7.56. The van der Waals surface area contributed by atoms with E-state index in [9.17, 15) is 9.59 Å². The fraction of sp³-hybridized carbons (Fsp3) is 0.500. The molecule has 0 aromatic carbocycles. The minimum Gasteiger partial charge on any atom is -0.375 e. The summed E-state index contributed by atoms with van der Waals surface area (Å²) in [5.41, 5.74) is 1.36. The van der Waals surface area contributed by atoms with Crippen molar-refractivity contribution in [1.29, 1.82) is 0 Å². The van der Waals surface area contributed by atoms with Crippen LogP contribution in [0.3, 0.4) is 0 Å². The lowest BCUT2D eigenvalue weighted by Gasteiger charge is -2.04. The third-order valence-corrected chi connectivity index (χ3v) is 3.03. The third kappa shape index (κ3) is 3.03. The molecular formula is C10H15N3O2S. The van der Waals surface area contributed by atoms with Gasteiger partial charge >= 0.3 is 0 Å². The monoisotopic (exact) mass is 241 g/mol. The maximum atomic E-state index is 11.3. The second kappa shape index (κ2) is 5.60. The highest BCUT2D eigenvalue weighted by atomic mass is 32.1. The lowest BCUT2D eigenvalue weighted by Crippen LogP contribution is -2.20. The van der Waals surface area contributed by atoms with E-state index in [1.54, 1.807) is 14.0 Å². The van der Waals surface area contributed by atoms with E-state index in [1.807, 2.05) is 0 Å². The zero-order chi connectivity index (χ0) is 12.1. The van der Waals surface area contributed by atoms with Crippen LogP contribution in [0.4, 0.5) is 5.00 Å². The number of hydrogen-bond acceptors (Lipinski definition) is 5. The first-order valence-electron chi connectivity index (χ1n) is 4.98. The van der Waals surface area contributed by atoms with Gasteiger partial charge in [-0.05, 0) is 25.4 Å². The zero-order valence-corrected chi connectivity index (χ0v) is 10.4. The van der Waals surface area contributed by atoms with Crippen LogP contribution in [0.1, 0.15) is 29.4 Å². The van der Waals surface area contributed by atoms with Crippen molar-refractivity contribution in [3.8, 4) is 0 Å². The maximum Gasteiger partial charge on any atom is 0.221 e. The minimum absolute atomic E-state index is 0.00584. The van der Waals surface area contributed by atoms with Crippen molar-refractivity contribution in [1.82, 2.24) is 9.69 Å². The van der Waals surface area contributed by atoms with Crippen LogP contribution in [0.5, 0.6) is 0 Å². The van der Waals surface area contributed by atoms with Crippen molar-refractivity contribution >= 4 is 28.2 Å². The van der Waals surface area contributed by atoms with Gasteiger partial charge in [-0.3, -0.25) is 9.59 Å². The summed E-state index contributed by atoms with van der Waals surface area (Å²) in [6, 6.07) is 0. The average molecular weight is 241 g/mol. The van der Waals surface area contributed by atoms with Gasteiger partial charge in [0.2, 0.25) is 5.91 Å². The van der Waals surface area contributed by atoms with E-state index in [4.69, 9.17) is 0 Å². The number of rotatable bonds is 5. The summed E-state index contributed by atoms with van der Waals surface area (Å²) in [5.74, 6) is -0.0354. The maximum absolute atomic E-state index is 11.3. The van der Waals surface area contributed by atoms with E-state index >= 15 is 0 Å². The molecule has 0 radical (unpaired) electrons. The van der Waals surface area contributed by atoms with Crippen LogP contribution < -0.4 is 10.6 Å². The Morgan fingerprint density at radius 3 is 2.69 bits per heavy atom. The third-order valence-electron chi connectivity index (χ3n) is 2.13. The van der Waals surface area contributed by atoms with E-state index in [0.29, 0.717) is 18.5 Å². The number of amides is 1. The van der Waals surface area contributed by atoms with Gasteiger partial charge in [-0.25, -0.2) is 0 Å². The van der Waals surface area contributed by atoms with Crippen molar-refractivity contribution in [2.45, 2.75) is 20.3 Å². The van der Waals surface area contributed by atoms with E-state index < -0.39 is 0 Å². The van der Waals surface area contributed by atoms with E-state index in [1.165, 1.54) is 18.5 Å². The second-order valence-electron chi connectivity index (χ2n) is 3.38. The van der Waals surface area contributed by atoms with Gasteiger partial charge in [0, 0.05) is 20.0 Å². The predicted molar refractivity (Wildman–Crippen MR) is 64.0 cm³/mol. The predicted octanol–water partition coefficient (Wildman–Crippen LogP) is 1.20. The largest absolute Gasteiger partial charge is 0.375 e. The molecule has 88 valence electrons. The molecule has 0 aliphatic rings. The highest BCUT2D eigenvalue weighted by molar-refractivity contribution is 7.10. The van der Waals surface area contributed by atoms with Gasteiger partial charge in [-0.1, -0.05) is 0 Å². The number of hydrogen-bond donors (Lipinski definition) is 2. The molecule has 0 saturated heterocycles. The highest BCUT2D eigenvalue weighted by Crippen LogP contribution is 2.24. The van der Waals surface area contributed by atoms with Crippen LogP contribution in [-0.2, 0) is 4.79 Å². The molecule has 16 heavy (non-hydrogen) atoms. The van der Waals surface area contributed by atoms with Gasteiger partial charge in [-0.15, -0.1) is 0 Å². The molecule has 0 fully saturated rings. The number of anilines is 1. The molecule has 0 aliphatic heterocycles. The summed E-state index contributed by atoms with van der Waals surface area (Å²) >= 11 is 1.25. The van der Waals surface area contributed by atoms with Crippen LogP contribution in [0, 0.1) is 6.92 Å². The molecule has 0 atom stereocenters. The van der Waals surface area contributed by atoms with Gasteiger partial charge < -0.3 is 10.6 Å². The minimum atomic E-state index is -0.0295. The molecule has 1 rings (SSSR count). The first kappa shape index (κ1) is 12.6. The average Bonchev–Trinajstić information content (AvgIpc) is 2.59. The zero-order valence-electron chi connectivity index (χ0n) is 9.59. The Labute approximate surface area is 98.4 Å². The Morgan fingerprint density at radius 2 is 2.12 bits per heavy atom. The Hall–Kier alpha value is -1.43. The number of Topliss-reactive ketones (excluding diaryl/α,β-unsaturated/α-hetero) is 1. The number of carbonyl (C=O) groups excluding carboxylic acids is 2. The summed E-state index contributed by atoms with van der Waals surface area (Å²) in [6.07, 6.45) is 0.380. The van der Waals surface area contributed by atoms with Crippen LogP contribution in [0.15, 0.2) is 0 Å². The van der Waals surface area contributed by atoms with Gasteiger partial charge in [-0.2, -0.15) is 4.37 Å². The molecule has 1 amide bonds. The van der Waals surface area contributed by atoms with E-state index in [2.05, 4.69) is 15.0 Å². The number of ketones is 1. The van der Waals surface area contributed by atoms with Crippen molar-refractivity contribution in [2.75, 3.05) is 18.9 Å². The molecule has 5 nitrogen and oxygen atoms in total. The fourth-order valence-corrected chi connectivity index (χ4v) is 2.19. The topological polar surface area (TPSA) is 71.1 Å². The summed E-state index contributed by atoms with van der Waals surface area (Å²) < 4.78 is 4.11. The van der Waals surface area contributed by atoms with Crippen LogP contribution in [0.25, 0.3) is 0 Å². The van der Waals surface area contributed by atoms with E-state index in [-0.39, 0.29) is 11.7 Å². The van der Waals surface area contributed by atoms with E-state index in [0.717, 1.165) is 10.7 Å². The summed E-state index contributed by atoms with van der Waals surface area (Å²) in [5, 5.41) is 6.34. The number of nitrogens with one attached hydrogen (secondary N) is 2. The fourth-order valence-electron chi connectivity index (χ4n) is 1.32. The van der Waals surface area contributed by atoms with Gasteiger partial charge in [0.05, 0.1) is 11.3 Å². The number of nitrogens with zero attached hydrogens (tertiary/aromatic N) is 1. The number of carbonyl (C=O) groups is 2. The van der Waals surface area contributed by atoms with Crippen molar-refractivity contribution < 1.29 is 9.59 Å². The van der Waals surface area contributed by atoms with Gasteiger partial charge in [0.25, 0.3) is 0 Å². The summed E-state index contributed by atoms with van der Waals surface area (Å²) in [7, 11) is 1.60. The van der Waals surface area contributed by atoms with Crippen LogP contribution in [-0.4, -0.2) is 29.7 Å². The molecule has 0 bridgehead atoms. The van der Waals surface area contributed by atoms with Gasteiger partial charge in [0.1, 0.15) is 5.00 Å². The summed E-state index contributed by atoms with van der Waals surface area (Å²) in [4.78, 5) is 22.3. The lowest BCUT2D eigenvalue weighted by atomic mass is 10.2. The van der Waals surface area contributed by atoms with Crippen LogP contribution in [0.2, 0.25) is 0 Å². The molecule has 0 saturated carbocycles. The quantitative estimate of drug-likeness (QED) is 0.760.